The maximum atomic E-state index is 10.9. The third-order valence-electron chi connectivity index (χ3n) is 2.80. The van der Waals surface area contributed by atoms with Gasteiger partial charge in [0.1, 0.15) is 0 Å². The van der Waals surface area contributed by atoms with Gasteiger partial charge in [0, 0.05) is 17.6 Å². The summed E-state index contributed by atoms with van der Waals surface area (Å²) in [5.41, 5.74) is 0.775. The van der Waals surface area contributed by atoms with E-state index in [0.29, 0.717) is 5.88 Å². The molecule has 4 nitrogen and oxygen atoms in total. The largest absolute Gasteiger partial charge is 0.481 e. The number of methoxy groups -OCH3 is 1. The first-order chi connectivity index (χ1) is 8.11. The van der Waals surface area contributed by atoms with E-state index in [1.54, 1.807) is 20.2 Å². The number of ether oxygens (including phenoxy) is 1. The molecule has 2 rings (SSSR count). The molecule has 1 N–H and O–H groups in total. The van der Waals surface area contributed by atoms with Crippen molar-refractivity contribution in [2.45, 2.75) is 12.8 Å². The SMILES string of the molecule is COc1cc2ccc(C(C)C(=O)O)cc2cn1. The summed E-state index contributed by atoms with van der Waals surface area (Å²) in [5.74, 6) is -0.788. The fraction of sp³-hybridized carbons (Fsp3) is 0.231. The summed E-state index contributed by atoms with van der Waals surface area (Å²) >= 11 is 0. The Kier molecular flexibility index (Phi) is 2.95. The van der Waals surface area contributed by atoms with Crippen LogP contribution in [0.1, 0.15) is 18.4 Å². The van der Waals surface area contributed by atoms with Gasteiger partial charge in [-0.1, -0.05) is 12.1 Å². The third kappa shape index (κ3) is 2.20. The number of rotatable bonds is 3. The van der Waals surface area contributed by atoms with E-state index in [0.717, 1.165) is 16.3 Å². The molecule has 0 bridgehead atoms. The summed E-state index contributed by atoms with van der Waals surface area (Å²) < 4.78 is 5.03. The quantitative estimate of drug-likeness (QED) is 0.881. The molecule has 1 atom stereocenters. The van der Waals surface area contributed by atoms with Gasteiger partial charge in [-0.25, -0.2) is 4.98 Å². The van der Waals surface area contributed by atoms with Gasteiger partial charge in [-0.15, -0.1) is 0 Å². The number of pyridine rings is 1. The molecular weight excluding hydrogens is 218 g/mol. The van der Waals surface area contributed by atoms with Crippen LogP contribution >= 0.6 is 0 Å². The van der Waals surface area contributed by atoms with Crippen molar-refractivity contribution in [1.29, 1.82) is 0 Å². The predicted molar refractivity (Wildman–Crippen MR) is 64.3 cm³/mol. The Balaban J connectivity index is 2.48. The normalized spacial score (nSPS) is 12.4. The number of carbonyl (C=O) groups is 1. The van der Waals surface area contributed by atoms with E-state index in [2.05, 4.69) is 4.98 Å². The van der Waals surface area contributed by atoms with E-state index in [4.69, 9.17) is 9.84 Å². The van der Waals surface area contributed by atoms with Crippen LogP contribution in [-0.2, 0) is 4.79 Å². The molecule has 88 valence electrons. The van der Waals surface area contributed by atoms with E-state index >= 15 is 0 Å². The summed E-state index contributed by atoms with van der Waals surface area (Å²) in [4.78, 5) is 15.0. The van der Waals surface area contributed by atoms with Gasteiger partial charge >= 0.3 is 5.97 Å². The van der Waals surface area contributed by atoms with Crippen LogP contribution < -0.4 is 4.74 Å². The molecule has 0 amide bonds. The Morgan fingerprint density at radius 1 is 1.35 bits per heavy atom. The van der Waals surface area contributed by atoms with E-state index in [1.807, 2.05) is 24.3 Å². The maximum Gasteiger partial charge on any atom is 0.310 e. The zero-order valence-electron chi connectivity index (χ0n) is 9.68. The van der Waals surface area contributed by atoms with Crippen LogP contribution in [0.2, 0.25) is 0 Å². The van der Waals surface area contributed by atoms with Gasteiger partial charge in [-0.3, -0.25) is 4.79 Å². The average Bonchev–Trinajstić information content (AvgIpc) is 2.36. The molecule has 0 aliphatic rings. The molecule has 0 aliphatic heterocycles. The second-order valence-electron chi connectivity index (χ2n) is 3.89. The third-order valence-corrected chi connectivity index (χ3v) is 2.80. The minimum Gasteiger partial charge on any atom is -0.481 e. The molecular formula is C13H13NO3. The van der Waals surface area contributed by atoms with Crippen LogP contribution in [0.4, 0.5) is 0 Å². The highest BCUT2D eigenvalue weighted by molar-refractivity contribution is 5.85. The lowest BCUT2D eigenvalue weighted by atomic mass is 9.99. The predicted octanol–water partition coefficient (Wildman–Crippen LogP) is 2.43. The molecule has 0 saturated heterocycles. The van der Waals surface area contributed by atoms with Crippen molar-refractivity contribution in [1.82, 2.24) is 4.98 Å². The Hall–Kier alpha value is -2.10. The molecule has 0 radical (unpaired) electrons. The summed E-state index contributed by atoms with van der Waals surface area (Å²) in [5, 5.41) is 10.9. The molecule has 1 aromatic heterocycles. The Morgan fingerprint density at radius 2 is 2.12 bits per heavy atom. The molecule has 17 heavy (non-hydrogen) atoms. The van der Waals surface area contributed by atoms with E-state index < -0.39 is 11.9 Å². The number of benzene rings is 1. The van der Waals surface area contributed by atoms with Crippen LogP contribution in [0.3, 0.4) is 0 Å². The first-order valence-corrected chi connectivity index (χ1v) is 5.28. The molecule has 1 unspecified atom stereocenters. The van der Waals surface area contributed by atoms with Gasteiger partial charge in [0.15, 0.2) is 0 Å². The smallest absolute Gasteiger partial charge is 0.310 e. The average molecular weight is 231 g/mol. The highest BCUT2D eigenvalue weighted by atomic mass is 16.5. The lowest BCUT2D eigenvalue weighted by molar-refractivity contribution is -0.138. The molecule has 0 saturated carbocycles. The molecule has 4 heteroatoms. The van der Waals surface area contributed by atoms with Gasteiger partial charge in [-0.05, 0) is 23.9 Å². The van der Waals surface area contributed by atoms with Gasteiger partial charge in [0.05, 0.1) is 13.0 Å². The first-order valence-electron chi connectivity index (χ1n) is 5.28. The first kappa shape index (κ1) is 11.4. The summed E-state index contributed by atoms with van der Waals surface area (Å²) in [6.07, 6.45) is 1.69. The lowest BCUT2D eigenvalue weighted by Gasteiger charge is -2.08. The number of aromatic nitrogens is 1. The Bertz CT molecular complexity index is 566. The summed E-state index contributed by atoms with van der Waals surface area (Å²) in [6.45, 7) is 1.67. The van der Waals surface area contributed by atoms with E-state index in [9.17, 15) is 4.79 Å². The van der Waals surface area contributed by atoms with Crippen molar-refractivity contribution in [2.75, 3.05) is 7.11 Å². The summed E-state index contributed by atoms with van der Waals surface area (Å²) in [7, 11) is 1.56. The fourth-order valence-corrected chi connectivity index (χ4v) is 1.66. The van der Waals surface area contributed by atoms with Crippen molar-refractivity contribution in [3.05, 3.63) is 36.0 Å². The molecule has 1 heterocycles. The Morgan fingerprint density at radius 3 is 2.76 bits per heavy atom. The van der Waals surface area contributed by atoms with Crippen LogP contribution in [0.15, 0.2) is 30.5 Å². The number of aliphatic carboxylic acids is 1. The van der Waals surface area contributed by atoms with Gasteiger partial charge in [0.2, 0.25) is 5.88 Å². The number of carboxylic acids is 1. The molecule has 2 aromatic rings. The monoisotopic (exact) mass is 231 g/mol. The van der Waals surface area contributed by atoms with Crippen LogP contribution in [-0.4, -0.2) is 23.2 Å². The molecule has 0 spiro atoms. The molecule has 0 aliphatic carbocycles. The lowest BCUT2D eigenvalue weighted by Crippen LogP contribution is -2.07. The number of carboxylic acid groups (broad SMARTS) is 1. The van der Waals surface area contributed by atoms with Gasteiger partial charge in [0.25, 0.3) is 0 Å². The topological polar surface area (TPSA) is 59.4 Å². The van der Waals surface area contributed by atoms with Crippen molar-refractivity contribution in [3.63, 3.8) is 0 Å². The van der Waals surface area contributed by atoms with Crippen molar-refractivity contribution in [2.24, 2.45) is 0 Å². The molecule has 1 aromatic carbocycles. The van der Waals surface area contributed by atoms with Crippen LogP contribution in [0.5, 0.6) is 5.88 Å². The fourth-order valence-electron chi connectivity index (χ4n) is 1.66. The maximum absolute atomic E-state index is 10.9. The summed E-state index contributed by atoms with van der Waals surface area (Å²) in [6, 6.07) is 7.37. The minimum atomic E-state index is -0.828. The zero-order chi connectivity index (χ0) is 12.4. The number of hydrogen-bond acceptors (Lipinski definition) is 3. The van der Waals surface area contributed by atoms with E-state index in [-0.39, 0.29) is 0 Å². The highest BCUT2D eigenvalue weighted by Gasteiger charge is 2.13. The van der Waals surface area contributed by atoms with Gasteiger partial charge < -0.3 is 9.84 Å². The van der Waals surface area contributed by atoms with Crippen molar-refractivity contribution >= 4 is 16.7 Å². The standard InChI is InChI=1S/C13H13NO3/c1-8(13(15)16)9-3-4-10-6-12(17-2)14-7-11(10)5-9/h3-8H,1-2H3,(H,15,16). The number of hydrogen-bond donors (Lipinski definition) is 1. The van der Waals surface area contributed by atoms with Crippen molar-refractivity contribution in [3.8, 4) is 5.88 Å². The van der Waals surface area contributed by atoms with E-state index in [1.165, 1.54) is 0 Å². The highest BCUT2D eigenvalue weighted by Crippen LogP contribution is 2.23. The number of fused-ring (bicyclic) bond motifs is 1. The second-order valence-corrected chi connectivity index (χ2v) is 3.89. The minimum absolute atomic E-state index is 0.512. The number of nitrogens with zero attached hydrogens (tertiary/aromatic N) is 1. The van der Waals surface area contributed by atoms with Crippen LogP contribution in [0, 0.1) is 0 Å². The molecule has 0 fully saturated rings. The Labute approximate surface area is 98.9 Å². The van der Waals surface area contributed by atoms with Crippen molar-refractivity contribution < 1.29 is 14.6 Å². The zero-order valence-corrected chi connectivity index (χ0v) is 9.68. The second kappa shape index (κ2) is 4.41. The van der Waals surface area contributed by atoms with Crippen LogP contribution in [0.25, 0.3) is 10.8 Å². The van der Waals surface area contributed by atoms with Gasteiger partial charge in [-0.2, -0.15) is 0 Å².